The van der Waals surface area contributed by atoms with E-state index in [2.05, 4.69) is 0 Å². The number of anilines is 1. The van der Waals surface area contributed by atoms with Gasteiger partial charge in [-0.15, -0.1) is 0 Å². The zero-order chi connectivity index (χ0) is 24.7. The molecule has 1 N–H and O–H groups in total. The number of ether oxygens (including phenoxy) is 1. The van der Waals surface area contributed by atoms with Crippen LogP contribution in [0.1, 0.15) is 22.7 Å². The molecule has 1 heterocycles. The molecule has 1 atom stereocenters. The lowest BCUT2D eigenvalue weighted by molar-refractivity contribution is -0.132. The zero-order valence-electron chi connectivity index (χ0n) is 17.9. The summed E-state index contributed by atoms with van der Waals surface area (Å²) in [6, 6.07) is 13.8. The van der Waals surface area contributed by atoms with Gasteiger partial charge in [0.15, 0.2) is 5.75 Å². The molecule has 0 radical (unpaired) electrons. The van der Waals surface area contributed by atoms with Crippen molar-refractivity contribution in [2.45, 2.75) is 13.0 Å². The van der Waals surface area contributed by atoms with Gasteiger partial charge in [-0.25, -0.2) is 0 Å². The van der Waals surface area contributed by atoms with Gasteiger partial charge in [0.2, 0.25) is 0 Å². The molecule has 1 aliphatic rings. The third-order valence-corrected chi connectivity index (χ3v) is 6.76. The van der Waals surface area contributed by atoms with Gasteiger partial charge in [-0.05, 0) is 54.4 Å². The van der Waals surface area contributed by atoms with Gasteiger partial charge in [0.1, 0.15) is 5.76 Å². The van der Waals surface area contributed by atoms with E-state index in [1.165, 1.54) is 24.1 Å². The molecule has 1 aliphatic heterocycles. The number of hydrogen-bond donors (Lipinski definition) is 1. The van der Waals surface area contributed by atoms with Crippen LogP contribution in [0, 0.1) is 6.92 Å². The van der Waals surface area contributed by atoms with Crippen LogP contribution in [0.5, 0.6) is 5.75 Å². The molecule has 0 spiro atoms. The largest absolute Gasteiger partial charge is 0.507 e. The minimum Gasteiger partial charge on any atom is -0.507 e. The van der Waals surface area contributed by atoms with Gasteiger partial charge in [-0.3, -0.25) is 14.5 Å². The van der Waals surface area contributed by atoms with Crippen LogP contribution in [-0.4, -0.2) is 23.9 Å². The number of hydrogen-bond acceptors (Lipinski definition) is 4. The van der Waals surface area contributed by atoms with Crippen LogP contribution in [0.4, 0.5) is 5.69 Å². The molecule has 4 rings (SSSR count). The Morgan fingerprint density at radius 3 is 2.18 bits per heavy atom. The summed E-state index contributed by atoms with van der Waals surface area (Å²) in [5.74, 6) is -1.87. The van der Waals surface area contributed by atoms with E-state index in [1.54, 1.807) is 36.4 Å². The molecule has 1 unspecified atom stereocenters. The molecular formula is C25H17Cl4NO4. The number of aryl methyl sites for hydroxylation is 1. The lowest BCUT2D eigenvalue weighted by Crippen LogP contribution is -2.29. The number of carbonyl (C=O) groups is 2. The van der Waals surface area contributed by atoms with E-state index in [4.69, 9.17) is 51.1 Å². The molecule has 9 heteroatoms. The molecule has 0 aliphatic carbocycles. The Labute approximate surface area is 216 Å². The number of aliphatic hydroxyl groups excluding tert-OH is 1. The topological polar surface area (TPSA) is 66.8 Å². The molecule has 3 aromatic carbocycles. The van der Waals surface area contributed by atoms with Gasteiger partial charge in [-0.1, -0.05) is 64.6 Å². The molecule has 34 heavy (non-hydrogen) atoms. The average Bonchev–Trinajstić information content (AvgIpc) is 3.05. The average molecular weight is 537 g/mol. The van der Waals surface area contributed by atoms with Crippen molar-refractivity contribution in [2.24, 2.45) is 0 Å². The number of amides is 1. The summed E-state index contributed by atoms with van der Waals surface area (Å²) in [7, 11) is 1.41. The predicted molar refractivity (Wildman–Crippen MR) is 135 cm³/mol. The molecule has 0 bridgehead atoms. The second-order valence-electron chi connectivity index (χ2n) is 7.65. The Bertz CT molecular complexity index is 1350. The maximum Gasteiger partial charge on any atom is 0.300 e. The summed E-state index contributed by atoms with van der Waals surface area (Å²) in [5.41, 5.74) is 1.89. The van der Waals surface area contributed by atoms with Gasteiger partial charge >= 0.3 is 0 Å². The standard InChI is InChI=1S/C25H17Cl4NO4/c1-12-4-3-5-15(8-12)30-21(13-6-7-16(26)17(27)9-13)20(23(32)25(30)33)22(31)14-10-18(28)24(34-2)19(29)11-14/h3-11,21,31H,1-2H3/b22-20+. The van der Waals surface area contributed by atoms with Crippen molar-refractivity contribution in [3.8, 4) is 5.75 Å². The number of methoxy groups -OCH3 is 1. The normalized spacial score (nSPS) is 17.4. The van der Waals surface area contributed by atoms with Gasteiger partial charge in [0, 0.05) is 11.3 Å². The van der Waals surface area contributed by atoms with Crippen LogP contribution in [-0.2, 0) is 9.59 Å². The van der Waals surface area contributed by atoms with Crippen molar-refractivity contribution in [2.75, 3.05) is 12.0 Å². The molecule has 174 valence electrons. The predicted octanol–water partition coefficient (Wildman–Crippen LogP) is 7.24. The Balaban J connectivity index is 1.99. The highest BCUT2D eigenvalue weighted by Gasteiger charge is 2.47. The lowest BCUT2D eigenvalue weighted by atomic mass is 9.95. The molecule has 1 saturated heterocycles. The van der Waals surface area contributed by atoms with Crippen LogP contribution in [0.2, 0.25) is 20.1 Å². The van der Waals surface area contributed by atoms with Gasteiger partial charge < -0.3 is 9.84 Å². The molecule has 3 aromatic rings. The van der Waals surface area contributed by atoms with Crippen molar-refractivity contribution >= 4 is 69.5 Å². The Kier molecular flexibility index (Phi) is 6.83. The first-order valence-corrected chi connectivity index (χ1v) is 11.5. The Hall–Kier alpha value is -2.70. The van der Waals surface area contributed by atoms with Crippen molar-refractivity contribution in [1.82, 2.24) is 0 Å². The lowest BCUT2D eigenvalue weighted by Gasteiger charge is -2.26. The number of nitrogens with zero attached hydrogens (tertiary/aromatic N) is 1. The first-order chi connectivity index (χ1) is 16.1. The fourth-order valence-electron chi connectivity index (χ4n) is 3.92. The van der Waals surface area contributed by atoms with Crippen molar-refractivity contribution in [3.05, 3.63) is 97.0 Å². The van der Waals surface area contributed by atoms with E-state index in [1.807, 2.05) is 13.0 Å². The highest BCUT2D eigenvalue weighted by atomic mass is 35.5. The third kappa shape index (κ3) is 4.25. The third-order valence-electron chi connectivity index (χ3n) is 5.46. The van der Waals surface area contributed by atoms with Crippen molar-refractivity contribution in [1.29, 1.82) is 0 Å². The van der Waals surface area contributed by atoms with Crippen molar-refractivity contribution in [3.63, 3.8) is 0 Å². The minimum atomic E-state index is -0.976. The fraction of sp³-hybridized carbons (Fsp3) is 0.120. The highest BCUT2D eigenvalue weighted by Crippen LogP contribution is 2.44. The number of aliphatic hydroxyl groups is 1. The number of halogens is 4. The van der Waals surface area contributed by atoms with Crippen LogP contribution >= 0.6 is 46.4 Å². The first kappa shape index (κ1) is 24.4. The summed E-state index contributed by atoms with van der Waals surface area (Å²) < 4.78 is 5.16. The summed E-state index contributed by atoms with van der Waals surface area (Å²) in [5, 5.41) is 12.1. The molecule has 0 saturated carbocycles. The van der Waals surface area contributed by atoms with Crippen LogP contribution in [0.3, 0.4) is 0 Å². The molecule has 1 amide bonds. The summed E-state index contributed by atoms with van der Waals surface area (Å²) in [4.78, 5) is 27.8. The van der Waals surface area contributed by atoms with E-state index < -0.39 is 23.5 Å². The smallest absolute Gasteiger partial charge is 0.300 e. The number of Topliss-reactive ketones (excluding diaryl/α,β-unsaturated/α-hetero) is 1. The van der Waals surface area contributed by atoms with Gasteiger partial charge in [-0.2, -0.15) is 0 Å². The van der Waals surface area contributed by atoms with E-state index in [-0.39, 0.29) is 32.0 Å². The van der Waals surface area contributed by atoms with Crippen molar-refractivity contribution < 1.29 is 19.4 Å². The van der Waals surface area contributed by atoms with Gasteiger partial charge in [0.05, 0.1) is 38.8 Å². The maximum absolute atomic E-state index is 13.3. The molecule has 1 fully saturated rings. The summed E-state index contributed by atoms with van der Waals surface area (Å²) >= 11 is 24.8. The minimum absolute atomic E-state index is 0.135. The number of rotatable bonds is 4. The SMILES string of the molecule is COc1c(Cl)cc(/C(O)=C2\C(=O)C(=O)N(c3cccc(C)c3)C2c2ccc(Cl)c(Cl)c2)cc1Cl. The fourth-order valence-corrected chi connectivity index (χ4v) is 4.87. The maximum atomic E-state index is 13.3. The van der Waals surface area contributed by atoms with Crippen LogP contribution in [0.15, 0.2) is 60.2 Å². The van der Waals surface area contributed by atoms with E-state index in [9.17, 15) is 14.7 Å². The first-order valence-electron chi connectivity index (χ1n) is 10.00. The number of benzene rings is 3. The Morgan fingerprint density at radius 1 is 0.912 bits per heavy atom. The quantitative estimate of drug-likeness (QED) is 0.217. The highest BCUT2D eigenvalue weighted by molar-refractivity contribution is 6.52. The molecular weight excluding hydrogens is 520 g/mol. The second-order valence-corrected chi connectivity index (χ2v) is 9.28. The second kappa shape index (κ2) is 9.51. The van der Waals surface area contributed by atoms with E-state index in [0.29, 0.717) is 16.3 Å². The monoisotopic (exact) mass is 535 g/mol. The number of ketones is 1. The molecule has 5 nitrogen and oxygen atoms in total. The van der Waals surface area contributed by atoms with E-state index >= 15 is 0 Å². The van der Waals surface area contributed by atoms with Crippen LogP contribution in [0.25, 0.3) is 5.76 Å². The molecule has 0 aromatic heterocycles. The van der Waals surface area contributed by atoms with Crippen LogP contribution < -0.4 is 9.64 Å². The van der Waals surface area contributed by atoms with Gasteiger partial charge in [0.25, 0.3) is 11.7 Å². The Morgan fingerprint density at radius 2 is 1.59 bits per heavy atom. The summed E-state index contributed by atoms with van der Waals surface area (Å²) in [6.07, 6.45) is 0. The number of carbonyl (C=O) groups excluding carboxylic acids is 2. The summed E-state index contributed by atoms with van der Waals surface area (Å²) in [6.45, 7) is 1.87. The van der Waals surface area contributed by atoms with E-state index in [0.717, 1.165) is 5.56 Å². The zero-order valence-corrected chi connectivity index (χ0v) is 20.9.